The molecule has 0 aliphatic carbocycles. The van der Waals surface area contributed by atoms with E-state index >= 15 is 0 Å². The number of likely N-dealkylation sites (tertiary alicyclic amines) is 1. The Morgan fingerprint density at radius 3 is 2.23 bits per heavy atom. The van der Waals surface area contributed by atoms with Gasteiger partial charge in [-0.2, -0.15) is 0 Å². The first kappa shape index (κ1) is 28.1. The number of benzene rings is 3. The quantitative estimate of drug-likeness (QED) is 0.226. The van der Waals surface area contributed by atoms with E-state index < -0.39 is 17.7 Å². The monoisotopic (exact) mass is 526 g/mol. The minimum Gasteiger partial charge on any atom is -0.507 e. The highest BCUT2D eigenvalue weighted by atomic mass is 16.5. The summed E-state index contributed by atoms with van der Waals surface area (Å²) >= 11 is 0. The summed E-state index contributed by atoms with van der Waals surface area (Å²) in [4.78, 5) is 30.0. The number of hydrogen-bond acceptors (Lipinski definition) is 5. The molecule has 1 fully saturated rings. The SMILES string of the molecule is Cc1cccc(COc2ccc(/C(O)=C3\C(=O)C(=O)N(CCN(C)C)C3c3ccc(C(C)(C)C)cc3)cc2)c1. The van der Waals surface area contributed by atoms with E-state index in [1.807, 2.05) is 68.4 Å². The van der Waals surface area contributed by atoms with Crippen LogP contribution in [0.2, 0.25) is 0 Å². The molecule has 4 rings (SSSR count). The molecule has 0 bridgehead atoms. The van der Waals surface area contributed by atoms with Crippen LogP contribution in [0.15, 0.2) is 78.4 Å². The molecule has 1 heterocycles. The number of aryl methyl sites for hydroxylation is 1. The van der Waals surface area contributed by atoms with Crippen molar-refractivity contribution in [3.05, 3.63) is 106 Å². The van der Waals surface area contributed by atoms with Gasteiger partial charge in [0, 0.05) is 18.7 Å². The third-order valence-corrected chi connectivity index (χ3v) is 7.04. The van der Waals surface area contributed by atoms with Crippen LogP contribution in [0.25, 0.3) is 5.76 Å². The predicted octanol–water partition coefficient (Wildman–Crippen LogP) is 5.85. The zero-order valence-electron chi connectivity index (χ0n) is 23.7. The highest BCUT2D eigenvalue weighted by Crippen LogP contribution is 2.40. The number of hydrogen-bond donors (Lipinski definition) is 1. The summed E-state index contributed by atoms with van der Waals surface area (Å²) < 4.78 is 5.91. The highest BCUT2D eigenvalue weighted by Gasteiger charge is 2.45. The summed E-state index contributed by atoms with van der Waals surface area (Å²) in [7, 11) is 3.85. The molecule has 0 saturated carbocycles. The van der Waals surface area contributed by atoms with Gasteiger partial charge in [-0.1, -0.05) is 74.9 Å². The average Bonchev–Trinajstić information content (AvgIpc) is 3.15. The number of Topliss-reactive ketones (excluding diaryl/α,β-unsaturated/α-hetero) is 1. The van der Waals surface area contributed by atoms with Gasteiger partial charge in [0.25, 0.3) is 11.7 Å². The second-order valence-electron chi connectivity index (χ2n) is 11.5. The lowest BCUT2D eigenvalue weighted by Gasteiger charge is -2.27. The van der Waals surface area contributed by atoms with Gasteiger partial charge in [-0.3, -0.25) is 9.59 Å². The maximum absolute atomic E-state index is 13.3. The van der Waals surface area contributed by atoms with Crippen LogP contribution in [0.1, 0.15) is 54.6 Å². The van der Waals surface area contributed by atoms with Crippen molar-refractivity contribution < 1.29 is 19.4 Å². The molecule has 1 atom stereocenters. The molecule has 1 N–H and O–H groups in total. The Bertz CT molecular complexity index is 1370. The topological polar surface area (TPSA) is 70.1 Å². The van der Waals surface area contributed by atoms with Crippen LogP contribution in [0.4, 0.5) is 0 Å². The van der Waals surface area contributed by atoms with Crippen molar-refractivity contribution in [2.75, 3.05) is 27.2 Å². The lowest BCUT2D eigenvalue weighted by molar-refractivity contribution is -0.140. The molecule has 1 amide bonds. The van der Waals surface area contributed by atoms with Crippen molar-refractivity contribution in [2.45, 2.75) is 45.8 Å². The molecule has 0 spiro atoms. The Morgan fingerprint density at radius 2 is 1.64 bits per heavy atom. The van der Waals surface area contributed by atoms with Gasteiger partial charge >= 0.3 is 0 Å². The van der Waals surface area contributed by atoms with Gasteiger partial charge in [-0.15, -0.1) is 0 Å². The predicted molar refractivity (Wildman–Crippen MR) is 155 cm³/mol. The first-order chi connectivity index (χ1) is 18.5. The molecular weight excluding hydrogens is 488 g/mol. The second kappa shape index (κ2) is 11.5. The smallest absolute Gasteiger partial charge is 0.295 e. The Kier molecular flexibility index (Phi) is 8.26. The van der Waals surface area contributed by atoms with Gasteiger partial charge in [-0.25, -0.2) is 0 Å². The van der Waals surface area contributed by atoms with E-state index in [9.17, 15) is 14.7 Å². The maximum Gasteiger partial charge on any atom is 0.295 e. The summed E-state index contributed by atoms with van der Waals surface area (Å²) in [6, 6.07) is 22.4. The molecule has 1 aliphatic heterocycles. The molecule has 1 aliphatic rings. The minimum atomic E-state index is -0.670. The molecule has 1 saturated heterocycles. The molecule has 6 heteroatoms. The molecule has 0 radical (unpaired) electrons. The fraction of sp³-hybridized carbons (Fsp3) is 0.333. The largest absolute Gasteiger partial charge is 0.507 e. The van der Waals surface area contributed by atoms with Crippen molar-refractivity contribution in [3.63, 3.8) is 0 Å². The average molecular weight is 527 g/mol. The summed E-state index contributed by atoms with van der Waals surface area (Å²) in [5, 5.41) is 11.4. The number of rotatable bonds is 8. The highest BCUT2D eigenvalue weighted by molar-refractivity contribution is 6.46. The Balaban J connectivity index is 1.66. The Hall–Kier alpha value is -3.90. The van der Waals surface area contributed by atoms with E-state index in [4.69, 9.17) is 4.74 Å². The van der Waals surface area contributed by atoms with E-state index in [0.29, 0.717) is 31.0 Å². The summed E-state index contributed by atoms with van der Waals surface area (Å²) in [5.41, 5.74) is 4.71. The van der Waals surface area contributed by atoms with Gasteiger partial charge in [0.05, 0.1) is 11.6 Å². The zero-order chi connectivity index (χ0) is 28.3. The van der Waals surface area contributed by atoms with Gasteiger partial charge in [0.1, 0.15) is 18.1 Å². The van der Waals surface area contributed by atoms with Crippen LogP contribution in [0.5, 0.6) is 5.75 Å². The number of likely N-dealkylation sites (N-methyl/N-ethyl adjacent to an activating group) is 1. The Morgan fingerprint density at radius 1 is 0.974 bits per heavy atom. The van der Waals surface area contributed by atoms with Crippen LogP contribution in [0.3, 0.4) is 0 Å². The van der Waals surface area contributed by atoms with Crippen molar-refractivity contribution >= 4 is 17.4 Å². The van der Waals surface area contributed by atoms with E-state index in [1.54, 1.807) is 29.2 Å². The summed E-state index contributed by atoms with van der Waals surface area (Å²) in [5.74, 6) is -0.804. The maximum atomic E-state index is 13.3. The molecular formula is C33H38N2O4. The molecule has 204 valence electrons. The fourth-order valence-corrected chi connectivity index (χ4v) is 4.76. The van der Waals surface area contributed by atoms with Gasteiger partial charge in [0.2, 0.25) is 0 Å². The molecule has 6 nitrogen and oxygen atoms in total. The molecule has 39 heavy (non-hydrogen) atoms. The summed E-state index contributed by atoms with van der Waals surface area (Å²) in [6.45, 7) is 9.84. The first-order valence-corrected chi connectivity index (χ1v) is 13.3. The van der Waals surface area contributed by atoms with Crippen molar-refractivity contribution in [1.29, 1.82) is 0 Å². The third-order valence-electron chi connectivity index (χ3n) is 7.04. The number of carbonyl (C=O) groups is 2. The Labute approximate surface area is 231 Å². The van der Waals surface area contributed by atoms with Crippen molar-refractivity contribution in [3.8, 4) is 5.75 Å². The number of aliphatic hydroxyl groups excluding tert-OH is 1. The molecule has 3 aromatic rings. The summed E-state index contributed by atoms with van der Waals surface area (Å²) in [6.07, 6.45) is 0. The molecule has 3 aromatic carbocycles. The van der Waals surface area contributed by atoms with Gasteiger partial charge < -0.3 is 19.6 Å². The van der Waals surface area contributed by atoms with Gasteiger partial charge in [0.15, 0.2) is 0 Å². The van der Waals surface area contributed by atoms with Crippen LogP contribution < -0.4 is 4.74 Å². The fourth-order valence-electron chi connectivity index (χ4n) is 4.76. The number of amides is 1. The number of aliphatic hydroxyl groups is 1. The van der Waals surface area contributed by atoms with Crippen LogP contribution in [-0.4, -0.2) is 53.8 Å². The molecule has 0 aromatic heterocycles. The lowest BCUT2D eigenvalue weighted by Crippen LogP contribution is -2.35. The van der Waals surface area contributed by atoms with Gasteiger partial charge in [-0.05, 0) is 67.4 Å². The van der Waals surface area contributed by atoms with E-state index in [2.05, 4.69) is 26.8 Å². The molecule has 1 unspecified atom stereocenters. The van der Waals surface area contributed by atoms with Crippen molar-refractivity contribution in [2.24, 2.45) is 0 Å². The van der Waals surface area contributed by atoms with Crippen LogP contribution in [-0.2, 0) is 21.6 Å². The van der Waals surface area contributed by atoms with E-state index in [-0.39, 0.29) is 16.7 Å². The third kappa shape index (κ3) is 6.40. The van der Waals surface area contributed by atoms with Crippen LogP contribution in [0, 0.1) is 6.92 Å². The van der Waals surface area contributed by atoms with E-state index in [0.717, 1.165) is 16.7 Å². The standard InChI is InChI=1S/C33H38N2O4/c1-22-8-7-9-23(20-22)21-39-27-16-12-25(13-17-27)30(36)28-29(24-10-14-26(15-11-24)33(2,3)4)35(19-18-34(5)6)32(38)31(28)37/h7-17,20,29,36H,18-19,21H2,1-6H3/b30-28+. The normalized spacial score (nSPS) is 17.2. The lowest BCUT2D eigenvalue weighted by atomic mass is 9.85. The second-order valence-corrected chi connectivity index (χ2v) is 11.5. The number of nitrogens with zero attached hydrogens (tertiary/aromatic N) is 2. The zero-order valence-corrected chi connectivity index (χ0v) is 23.7. The van der Waals surface area contributed by atoms with E-state index in [1.165, 1.54) is 5.56 Å². The number of ether oxygens (including phenoxy) is 1. The van der Waals surface area contributed by atoms with Crippen LogP contribution >= 0.6 is 0 Å². The number of ketones is 1. The first-order valence-electron chi connectivity index (χ1n) is 13.3. The minimum absolute atomic E-state index is 0.0333. The van der Waals surface area contributed by atoms with Crippen molar-refractivity contribution in [1.82, 2.24) is 9.80 Å². The number of carbonyl (C=O) groups excluding carboxylic acids is 2.